The zero-order valence-electron chi connectivity index (χ0n) is 12.8. The van der Waals surface area contributed by atoms with E-state index in [1.165, 1.54) is 0 Å². The van der Waals surface area contributed by atoms with Crippen molar-refractivity contribution in [2.24, 2.45) is 0 Å². The van der Waals surface area contributed by atoms with Gasteiger partial charge in [-0.25, -0.2) is 4.68 Å². The molecule has 1 N–H and O–H groups in total. The van der Waals surface area contributed by atoms with Crippen LogP contribution in [0.15, 0.2) is 35.1 Å². The Morgan fingerprint density at radius 2 is 2.17 bits per heavy atom. The molecule has 1 amide bonds. The first-order chi connectivity index (χ1) is 11.0. The first-order valence-corrected chi connectivity index (χ1v) is 7.46. The van der Waals surface area contributed by atoms with Gasteiger partial charge in [0.25, 0.3) is 5.91 Å². The second-order valence-electron chi connectivity index (χ2n) is 5.13. The summed E-state index contributed by atoms with van der Waals surface area (Å²) in [7, 11) is 0. The highest BCUT2D eigenvalue weighted by molar-refractivity contribution is 6.31. The molecule has 0 aliphatic rings. The third-order valence-corrected chi connectivity index (χ3v) is 4.00. The van der Waals surface area contributed by atoms with Crippen molar-refractivity contribution in [1.29, 1.82) is 0 Å². The van der Waals surface area contributed by atoms with E-state index in [1.54, 1.807) is 40.0 Å². The molecule has 0 saturated heterocycles. The van der Waals surface area contributed by atoms with Crippen molar-refractivity contribution in [2.75, 3.05) is 0 Å². The zero-order valence-corrected chi connectivity index (χ0v) is 13.5. The number of furan rings is 1. The third kappa shape index (κ3) is 3.29. The van der Waals surface area contributed by atoms with Gasteiger partial charge in [0.1, 0.15) is 18.1 Å². The molecule has 0 aliphatic heterocycles. The van der Waals surface area contributed by atoms with Gasteiger partial charge in [0, 0.05) is 6.20 Å². The van der Waals surface area contributed by atoms with Crippen molar-refractivity contribution in [3.05, 3.63) is 58.5 Å². The minimum Gasteiger partial charge on any atom is -0.467 e. The van der Waals surface area contributed by atoms with E-state index in [2.05, 4.69) is 15.5 Å². The molecule has 23 heavy (non-hydrogen) atoms. The molecule has 7 nitrogen and oxygen atoms in total. The number of aromatic nitrogens is 4. The monoisotopic (exact) mass is 333 g/mol. The van der Waals surface area contributed by atoms with Crippen molar-refractivity contribution in [1.82, 2.24) is 24.9 Å². The number of carbonyl (C=O) groups excluding carboxylic acids is 1. The van der Waals surface area contributed by atoms with E-state index >= 15 is 0 Å². The van der Waals surface area contributed by atoms with E-state index in [0.29, 0.717) is 29.7 Å². The molecule has 0 bridgehead atoms. The van der Waals surface area contributed by atoms with Gasteiger partial charge in [-0.2, -0.15) is 10.2 Å². The Morgan fingerprint density at radius 3 is 2.83 bits per heavy atom. The molecule has 3 aromatic heterocycles. The molecule has 3 heterocycles. The standard InChI is InChI=1S/C15H16ClN5O2/c1-10-14(16)11(2)21(18-10)9-20-6-5-13(19-20)15(22)17-8-12-4-3-7-23-12/h3-7H,8-9H2,1-2H3,(H,17,22). The van der Waals surface area contributed by atoms with Crippen LogP contribution < -0.4 is 5.32 Å². The lowest BCUT2D eigenvalue weighted by molar-refractivity contribution is 0.0942. The number of amides is 1. The molecule has 8 heteroatoms. The summed E-state index contributed by atoms with van der Waals surface area (Å²) in [6, 6.07) is 5.23. The highest BCUT2D eigenvalue weighted by Crippen LogP contribution is 2.18. The Labute approximate surface area is 137 Å². The van der Waals surface area contributed by atoms with Gasteiger partial charge in [0.15, 0.2) is 0 Å². The van der Waals surface area contributed by atoms with Crippen LogP contribution in [0.25, 0.3) is 0 Å². The lowest BCUT2D eigenvalue weighted by atomic mass is 10.4. The van der Waals surface area contributed by atoms with Crippen LogP contribution in [0.1, 0.15) is 27.6 Å². The van der Waals surface area contributed by atoms with E-state index in [9.17, 15) is 4.79 Å². The molecule has 0 aliphatic carbocycles. The van der Waals surface area contributed by atoms with Crippen LogP contribution in [0, 0.1) is 13.8 Å². The highest BCUT2D eigenvalue weighted by Gasteiger charge is 2.12. The number of aryl methyl sites for hydroxylation is 1. The number of halogens is 1. The predicted octanol–water partition coefficient (Wildman–Crippen LogP) is 2.38. The Kier molecular flexibility index (Phi) is 4.20. The molecule has 0 saturated carbocycles. The van der Waals surface area contributed by atoms with Crippen molar-refractivity contribution in [3.63, 3.8) is 0 Å². The minimum absolute atomic E-state index is 0.258. The van der Waals surface area contributed by atoms with Crippen LogP contribution in [0.2, 0.25) is 5.02 Å². The van der Waals surface area contributed by atoms with Crippen molar-refractivity contribution < 1.29 is 9.21 Å². The maximum atomic E-state index is 12.1. The summed E-state index contributed by atoms with van der Waals surface area (Å²) in [5, 5.41) is 12.0. The summed E-state index contributed by atoms with van der Waals surface area (Å²) in [4.78, 5) is 12.1. The molecule has 3 aromatic rings. The lowest BCUT2D eigenvalue weighted by Gasteiger charge is -2.04. The summed E-state index contributed by atoms with van der Waals surface area (Å²) < 4.78 is 8.55. The van der Waals surface area contributed by atoms with Gasteiger partial charge < -0.3 is 9.73 Å². The maximum Gasteiger partial charge on any atom is 0.272 e. The summed E-state index contributed by atoms with van der Waals surface area (Å²) in [6.07, 6.45) is 3.29. The Hall–Kier alpha value is -2.54. The van der Waals surface area contributed by atoms with Crippen LogP contribution >= 0.6 is 11.6 Å². The first-order valence-electron chi connectivity index (χ1n) is 7.08. The quantitative estimate of drug-likeness (QED) is 0.777. The van der Waals surface area contributed by atoms with Gasteiger partial charge in [-0.1, -0.05) is 11.6 Å². The third-order valence-electron chi connectivity index (χ3n) is 3.45. The van der Waals surface area contributed by atoms with Crippen LogP contribution in [0.3, 0.4) is 0 Å². The second kappa shape index (κ2) is 6.29. The SMILES string of the molecule is Cc1nn(Cn2ccc(C(=O)NCc3ccco3)n2)c(C)c1Cl. The van der Waals surface area contributed by atoms with Gasteiger partial charge in [-0.05, 0) is 32.0 Å². The average molecular weight is 334 g/mol. The zero-order chi connectivity index (χ0) is 16.4. The fourth-order valence-electron chi connectivity index (χ4n) is 2.18. The first kappa shape index (κ1) is 15.4. The van der Waals surface area contributed by atoms with E-state index in [1.807, 2.05) is 13.8 Å². The number of rotatable bonds is 5. The number of nitrogens with one attached hydrogen (secondary N) is 1. The minimum atomic E-state index is -0.258. The van der Waals surface area contributed by atoms with Crippen molar-refractivity contribution in [3.8, 4) is 0 Å². The normalized spacial score (nSPS) is 10.9. The maximum absolute atomic E-state index is 12.1. The van der Waals surface area contributed by atoms with E-state index in [-0.39, 0.29) is 5.91 Å². The Bertz CT molecular complexity index is 819. The predicted molar refractivity (Wildman–Crippen MR) is 84.2 cm³/mol. The molecule has 120 valence electrons. The molecule has 0 atom stereocenters. The average Bonchev–Trinajstić information content (AvgIpc) is 3.25. The van der Waals surface area contributed by atoms with E-state index < -0.39 is 0 Å². The molecule has 0 spiro atoms. The van der Waals surface area contributed by atoms with Crippen LogP contribution in [0.5, 0.6) is 0 Å². The summed E-state index contributed by atoms with van der Waals surface area (Å²) in [5.41, 5.74) is 1.97. The van der Waals surface area contributed by atoms with E-state index in [4.69, 9.17) is 16.0 Å². The fraction of sp³-hybridized carbons (Fsp3) is 0.267. The lowest BCUT2D eigenvalue weighted by Crippen LogP contribution is -2.23. The number of carbonyl (C=O) groups is 1. The molecule has 0 fully saturated rings. The van der Waals surface area contributed by atoms with Crippen LogP contribution in [-0.4, -0.2) is 25.5 Å². The van der Waals surface area contributed by atoms with Gasteiger partial charge in [-0.3, -0.25) is 9.48 Å². The molecule has 0 unspecified atom stereocenters. The smallest absolute Gasteiger partial charge is 0.272 e. The highest BCUT2D eigenvalue weighted by atomic mass is 35.5. The Morgan fingerprint density at radius 1 is 1.35 bits per heavy atom. The number of hydrogen-bond acceptors (Lipinski definition) is 4. The molecule has 0 radical (unpaired) electrons. The van der Waals surface area contributed by atoms with Gasteiger partial charge in [0.05, 0.1) is 29.2 Å². The van der Waals surface area contributed by atoms with Crippen molar-refractivity contribution in [2.45, 2.75) is 27.1 Å². The summed E-state index contributed by atoms with van der Waals surface area (Å²) in [5.74, 6) is 0.432. The van der Waals surface area contributed by atoms with Gasteiger partial charge in [-0.15, -0.1) is 0 Å². The second-order valence-corrected chi connectivity index (χ2v) is 5.51. The summed E-state index contributed by atoms with van der Waals surface area (Å²) in [6.45, 7) is 4.46. The molecule has 3 rings (SSSR count). The largest absolute Gasteiger partial charge is 0.467 e. The van der Waals surface area contributed by atoms with Gasteiger partial charge >= 0.3 is 0 Å². The molecular weight excluding hydrogens is 318 g/mol. The summed E-state index contributed by atoms with van der Waals surface area (Å²) >= 11 is 6.12. The molecular formula is C15H16ClN5O2. The van der Waals surface area contributed by atoms with Gasteiger partial charge in [0.2, 0.25) is 0 Å². The van der Waals surface area contributed by atoms with E-state index in [0.717, 1.165) is 11.4 Å². The van der Waals surface area contributed by atoms with Crippen LogP contribution in [0.4, 0.5) is 0 Å². The topological polar surface area (TPSA) is 77.9 Å². The number of hydrogen-bond donors (Lipinski definition) is 1. The molecule has 0 aromatic carbocycles. The van der Waals surface area contributed by atoms with Crippen LogP contribution in [-0.2, 0) is 13.2 Å². The Balaban J connectivity index is 1.65. The number of nitrogens with zero attached hydrogens (tertiary/aromatic N) is 4. The fourth-order valence-corrected chi connectivity index (χ4v) is 2.32. The van der Waals surface area contributed by atoms with Crippen molar-refractivity contribution >= 4 is 17.5 Å².